The van der Waals surface area contributed by atoms with Crippen LogP contribution >= 0.6 is 11.6 Å². The van der Waals surface area contributed by atoms with E-state index in [1.165, 1.54) is 12.3 Å². The molecular weight excluding hydrogens is 216 g/mol. The Balaban J connectivity index is 2.91. The summed E-state index contributed by atoms with van der Waals surface area (Å²) in [6.45, 7) is 3.82. The van der Waals surface area contributed by atoms with Crippen LogP contribution in [0.2, 0.25) is 5.02 Å². The molecule has 0 fully saturated rings. The van der Waals surface area contributed by atoms with Crippen LogP contribution in [0.4, 0.5) is 0 Å². The molecule has 1 unspecified atom stereocenters. The average molecular weight is 229 g/mol. The van der Waals surface area contributed by atoms with Crippen LogP contribution in [0.25, 0.3) is 0 Å². The predicted octanol–water partition coefficient (Wildman–Crippen LogP) is 1.56. The lowest BCUT2D eigenvalue weighted by Gasteiger charge is -2.10. The highest BCUT2D eigenvalue weighted by atomic mass is 35.5. The van der Waals surface area contributed by atoms with Crippen molar-refractivity contribution in [2.45, 2.75) is 26.3 Å². The van der Waals surface area contributed by atoms with Crippen molar-refractivity contribution in [2.24, 2.45) is 0 Å². The van der Waals surface area contributed by atoms with Gasteiger partial charge in [-0.05, 0) is 19.4 Å². The first kappa shape index (κ1) is 11.8. The van der Waals surface area contributed by atoms with Crippen molar-refractivity contribution in [3.05, 3.63) is 33.2 Å². The zero-order valence-corrected chi connectivity index (χ0v) is 9.39. The molecule has 2 N–H and O–H groups in total. The van der Waals surface area contributed by atoms with E-state index in [1.807, 2.05) is 13.8 Å². The van der Waals surface area contributed by atoms with Gasteiger partial charge in [0.15, 0.2) is 0 Å². The summed E-state index contributed by atoms with van der Waals surface area (Å²) >= 11 is 5.68. The maximum atomic E-state index is 11.6. The fourth-order valence-corrected chi connectivity index (χ4v) is 1.19. The molecule has 15 heavy (non-hydrogen) atoms. The molecule has 1 aromatic rings. The van der Waals surface area contributed by atoms with Crippen LogP contribution in [0.5, 0.6) is 0 Å². The molecule has 0 aliphatic carbocycles. The van der Waals surface area contributed by atoms with Crippen LogP contribution in [0.3, 0.4) is 0 Å². The topological polar surface area (TPSA) is 62.0 Å². The molecule has 0 spiro atoms. The van der Waals surface area contributed by atoms with Crippen molar-refractivity contribution < 1.29 is 4.79 Å². The maximum Gasteiger partial charge on any atom is 0.260 e. The van der Waals surface area contributed by atoms with E-state index in [0.29, 0.717) is 5.02 Å². The zero-order chi connectivity index (χ0) is 11.4. The second-order valence-electron chi connectivity index (χ2n) is 3.34. The fraction of sp³-hybridized carbons (Fsp3) is 0.400. The van der Waals surface area contributed by atoms with Crippen LogP contribution < -0.4 is 10.9 Å². The molecule has 1 rings (SSSR count). The van der Waals surface area contributed by atoms with Crippen LogP contribution in [-0.2, 0) is 0 Å². The Morgan fingerprint density at radius 3 is 2.93 bits per heavy atom. The van der Waals surface area contributed by atoms with Crippen LogP contribution in [0.15, 0.2) is 17.1 Å². The van der Waals surface area contributed by atoms with Crippen molar-refractivity contribution in [1.29, 1.82) is 0 Å². The van der Waals surface area contributed by atoms with Crippen molar-refractivity contribution in [3.8, 4) is 0 Å². The number of H-pyrrole nitrogens is 1. The van der Waals surface area contributed by atoms with E-state index in [1.54, 1.807) is 0 Å². The van der Waals surface area contributed by atoms with Gasteiger partial charge in [-0.15, -0.1) is 0 Å². The smallest absolute Gasteiger partial charge is 0.260 e. The summed E-state index contributed by atoms with van der Waals surface area (Å²) in [4.78, 5) is 25.3. The Morgan fingerprint density at radius 1 is 1.67 bits per heavy atom. The van der Waals surface area contributed by atoms with Crippen LogP contribution in [0.1, 0.15) is 30.6 Å². The minimum atomic E-state index is -0.430. The normalized spacial score (nSPS) is 12.2. The van der Waals surface area contributed by atoms with Gasteiger partial charge in [-0.3, -0.25) is 9.59 Å². The number of nitrogens with one attached hydrogen (secondary N) is 2. The second kappa shape index (κ2) is 4.98. The third-order valence-corrected chi connectivity index (χ3v) is 2.32. The molecular formula is C10H13ClN2O2. The summed E-state index contributed by atoms with van der Waals surface area (Å²) in [7, 11) is 0. The molecule has 0 aliphatic heterocycles. The van der Waals surface area contributed by atoms with Gasteiger partial charge in [0.25, 0.3) is 11.5 Å². The Labute approximate surface area is 92.7 Å². The number of halogens is 1. The fourth-order valence-electron chi connectivity index (χ4n) is 1.03. The van der Waals surface area contributed by atoms with Crippen molar-refractivity contribution in [3.63, 3.8) is 0 Å². The molecule has 0 saturated heterocycles. The van der Waals surface area contributed by atoms with Crippen LogP contribution in [-0.4, -0.2) is 16.9 Å². The Morgan fingerprint density at radius 2 is 2.33 bits per heavy atom. The number of aromatic amines is 1. The molecule has 1 heterocycles. The van der Waals surface area contributed by atoms with Gasteiger partial charge in [0.05, 0.1) is 5.02 Å². The molecule has 0 aliphatic rings. The molecule has 82 valence electrons. The monoisotopic (exact) mass is 228 g/mol. The molecule has 0 saturated carbocycles. The van der Waals surface area contributed by atoms with E-state index in [2.05, 4.69) is 10.3 Å². The summed E-state index contributed by atoms with van der Waals surface area (Å²) in [5, 5.41) is 3.03. The lowest BCUT2D eigenvalue weighted by atomic mass is 10.2. The molecule has 1 aromatic heterocycles. The van der Waals surface area contributed by atoms with Gasteiger partial charge >= 0.3 is 0 Å². The molecule has 5 heteroatoms. The number of amides is 1. The van der Waals surface area contributed by atoms with E-state index < -0.39 is 11.5 Å². The van der Waals surface area contributed by atoms with Gasteiger partial charge in [-0.25, -0.2) is 0 Å². The van der Waals surface area contributed by atoms with Gasteiger partial charge < -0.3 is 10.3 Å². The van der Waals surface area contributed by atoms with Gasteiger partial charge in [0, 0.05) is 12.2 Å². The number of pyridine rings is 1. The molecule has 4 nitrogen and oxygen atoms in total. The van der Waals surface area contributed by atoms with E-state index in [4.69, 9.17) is 11.6 Å². The highest BCUT2D eigenvalue weighted by molar-refractivity contribution is 6.30. The molecule has 0 aromatic carbocycles. The van der Waals surface area contributed by atoms with Crippen LogP contribution in [0, 0.1) is 0 Å². The van der Waals surface area contributed by atoms with Gasteiger partial charge in [0.2, 0.25) is 0 Å². The minimum absolute atomic E-state index is 0.0379. The predicted molar refractivity (Wildman–Crippen MR) is 59.3 cm³/mol. The van der Waals surface area contributed by atoms with E-state index in [9.17, 15) is 9.59 Å². The lowest BCUT2D eigenvalue weighted by Crippen LogP contribution is -2.35. The number of carbonyl (C=O) groups excluding carboxylic acids is 1. The highest BCUT2D eigenvalue weighted by Gasteiger charge is 2.12. The number of hydrogen-bond acceptors (Lipinski definition) is 2. The zero-order valence-electron chi connectivity index (χ0n) is 8.63. The first-order valence-electron chi connectivity index (χ1n) is 4.73. The standard InChI is InChI=1S/C10H13ClN2O2/c1-3-6(2)13-10(15)8-4-7(11)5-12-9(8)14/h4-6H,3H2,1-2H3,(H,12,14)(H,13,15). The molecule has 1 atom stereocenters. The van der Waals surface area contributed by atoms with E-state index in [0.717, 1.165) is 6.42 Å². The molecule has 0 radical (unpaired) electrons. The first-order valence-corrected chi connectivity index (χ1v) is 5.11. The van der Waals surface area contributed by atoms with Crippen molar-refractivity contribution >= 4 is 17.5 Å². The number of hydrogen-bond donors (Lipinski definition) is 2. The van der Waals surface area contributed by atoms with Gasteiger partial charge in [0.1, 0.15) is 5.56 Å². The Hall–Kier alpha value is -1.29. The SMILES string of the molecule is CCC(C)NC(=O)c1cc(Cl)c[nH]c1=O. The average Bonchev–Trinajstić information content (AvgIpc) is 2.21. The summed E-state index contributed by atoms with van der Waals surface area (Å²) in [6.07, 6.45) is 2.16. The Kier molecular flexibility index (Phi) is 3.91. The van der Waals surface area contributed by atoms with Crippen molar-refractivity contribution in [1.82, 2.24) is 10.3 Å². The number of rotatable bonds is 3. The third-order valence-electron chi connectivity index (χ3n) is 2.10. The number of carbonyl (C=O) groups is 1. The van der Waals surface area contributed by atoms with Crippen molar-refractivity contribution in [2.75, 3.05) is 0 Å². The molecule has 1 amide bonds. The third kappa shape index (κ3) is 3.09. The Bertz CT molecular complexity index is 414. The minimum Gasteiger partial charge on any atom is -0.349 e. The maximum absolute atomic E-state index is 11.6. The summed E-state index contributed by atoms with van der Waals surface area (Å²) < 4.78 is 0. The second-order valence-corrected chi connectivity index (χ2v) is 3.78. The summed E-state index contributed by atoms with van der Waals surface area (Å²) in [5.41, 5.74) is -0.386. The lowest BCUT2D eigenvalue weighted by molar-refractivity contribution is 0.0937. The first-order chi connectivity index (χ1) is 7.04. The molecule has 0 bridgehead atoms. The quantitative estimate of drug-likeness (QED) is 0.825. The summed E-state index contributed by atoms with van der Waals surface area (Å²) in [6, 6.07) is 1.40. The van der Waals surface area contributed by atoms with Gasteiger partial charge in [-0.1, -0.05) is 18.5 Å². The van der Waals surface area contributed by atoms with E-state index in [-0.39, 0.29) is 11.6 Å². The largest absolute Gasteiger partial charge is 0.349 e. The van der Waals surface area contributed by atoms with Gasteiger partial charge in [-0.2, -0.15) is 0 Å². The highest BCUT2D eigenvalue weighted by Crippen LogP contribution is 2.05. The summed E-state index contributed by atoms with van der Waals surface area (Å²) in [5.74, 6) is -0.395. The van der Waals surface area contributed by atoms with E-state index >= 15 is 0 Å². The number of aromatic nitrogens is 1.